The third-order valence-corrected chi connectivity index (χ3v) is 2.89. The van der Waals surface area contributed by atoms with Crippen LogP contribution >= 0.6 is 0 Å². The molecule has 17 heavy (non-hydrogen) atoms. The van der Waals surface area contributed by atoms with Gasteiger partial charge in [0.15, 0.2) is 0 Å². The van der Waals surface area contributed by atoms with Crippen molar-refractivity contribution in [1.82, 2.24) is 0 Å². The highest BCUT2D eigenvalue weighted by molar-refractivity contribution is 5.90. The Morgan fingerprint density at radius 3 is 2.35 bits per heavy atom. The molecule has 0 aliphatic rings. The van der Waals surface area contributed by atoms with Crippen molar-refractivity contribution in [1.29, 1.82) is 0 Å². The summed E-state index contributed by atoms with van der Waals surface area (Å²) in [5.41, 5.74) is 3.55. The lowest BCUT2D eigenvalue weighted by atomic mass is 9.92. The predicted molar refractivity (Wildman–Crippen MR) is 71.0 cm³/mol. The second kappa shape index (κ2) is 5.21. The Bertz CT molecular complexity index is 422. The summed E-state index contributed by atoms with van der Waals surface area (Å²) in [6.45, 7) is 6.21. The number of hydrogen-bond acceptors (Lipinski definition) is 2. The highest BCUT2D eigenvalue weighted by atomic mass is 16.4. The molecule has 1 rings (SSSR count). The van der Waals surface area contributed by atoms with Gasteiger partial charge in [-0.05, 0) is 42.5 Å². The zero-order valence-corrected chi connectivity index (χ0v) is 11.2. The van der Waals surface area contributed by atoms with Crippen LogP contribution in [0.4, 0.5) is 5.69 Å². The number of anilines is 1. The maximum atomic E-state index is 11.2. The van der Waals surface area contributed by atoms with Crippen LogP contribution in [0.2, 0.25) is 0 Å². The summed E-state index contributed by atoms with van der Waals surface area (Å²) in [6, 6.07) is 3.59. The van der Waals surface area contributed by atoms with Gasteiger partial charge >= 0.3 is 5.97 Å². The van der Waals surface area contributed by atoms with E-state index in [1.54, 1.807) is 6.07 Å². The molecule has 0 bridgehead atoms. The molecule has 3 heteroatoms. The number of benzene rings is 1. The highest BCUT2D eigenvalue weighted by Gasteiger charge is 2.16. The van der Waals surface area contributed by atoms with E-state index in [1.807, 2.05) is 32.0 Å². The van der Waals surface area contributed by atoms with E-state index in [0.717, 1.165) is 23.2 Å². The molecule has 3 nitrogen and oxygen atoms in total. The first-order valence-corrected chi connectivity index (χ1v) is 5.87. The Morgan fingerprint density at radius 2 is 1.94 bits per heavy atom. The second-order valence-electron chi connectivity index (χ2n) is 5.03. The van der Waals surface area contributed by atoms with Gasteiger partial charge in [-0.25, -0.2) is 4.79 Å². The van der Waals surface area contributed by atoms with Crippen LogP contribution in [0.25, 0.3) is 0 Å². The van der Waals surface area contributed by atoms with Crippen LogP contribution in [0.15, 0.2) is 12.1 Å². The molecule has 0 atom stereocenters. The molecule has 0 amide bonds. The van der Waals surface area contributed by atoms with Gasteiger partial charge in [0, 0.05) is 19.8 Å². The molecule has 1 N–H and O–H groups in total. The largest absolute Gasteiger partial charge is 0.478 e. The third-order valence-electron chi connectivity index (χ3n) is 2.89. The Labute approximate surface area is 103 Å². The first kappa shape index (κ1) is 13.6. The zero-order chi connectivity index (χ0) is 13.2. The normalized spacial score (nSPS) is 10.7. The quantitative estimate of drug-likeness (QED) is 0.872. The van der Waals surface area contributed by atoms with Crippen molar-refractivity contribution in [2.24, 2.45) is 5.92 Å². The molecule has 0 radical (unpaired) electrons. The minimum atomic E-state index is -0.839. The standard InChI is InChI=1S/C14H21NO2/c1-9(2)8-12-10(3)13(15(4)5)7-6-11(12)14(16)17/h6-7,9H,8H2,1-5H3,(H,16,17). The SMILES string of the molecule is Cc1c(N(C)C)ccc(C(=O)O)c1CC(C)C. The summed E-state index contributed by atoms with van der Waals surface area (Å²) in [6.07, 6.45) is 0.801. The molecule has 0 aliphatic heterocycles. The van der Waals surface area contributed by atoms with Gasteiger partial charge in [0.2, 0.25) is 0 Å². The molecule has 0 saturated heterocycles. The molecule has 0 saturated carbocycles. The van der Waals surface area contributed by atoms with Crippen molar-refractivity contribution in [3.63, 3.8) is 0 Å². The minimum absolute atomic E-state index is 0.432. The van der Waals surface area contributed by atoms with Crippen molar-refractivity contribution in [2.75, 3.05) is 19.0 Å². The van der Waals surface area contributed by atoms with Gasteiger partial charge < -0.3 is 10.0 Å². The smallest absolute Gasteiger partial charge is 0.335 e. The molecular weight excluding hydrogens is 214 g/mol. The average molecular weight is 235 g/mol. The zero-order valence-electron chi connectivity index (χ0n) is 11.2. The summed E-state index contributed by atoms with van der Waals surface area (Å²) < 4.78 is 0. The van der Waals surface area contributed by atoms with E-state index in [2.05, 4.69) is 13.8 Å². The van der Waals surface area contributed by atoms with Gasteiger partial charge in [0.25, 0.3) is 0 Å². The molecule has 0 unspecified atom stereocenters. The molecule has 0 fully saturated rings. The number of nitrogens with zero attached hydrogens (tertiary/aromatic N) is 1. The number of carboxylic acid groups (broad SMARTS) is 1. The second-order valence-corrected chi connectivity index (χ2v) is 5.03. The predicted octanol–water partition coefficient (Wildman–Crippen LogP) is 2.96. The maximum Gasteiger partial charge on any atom is 0.335 e. The van der Waals surface area contributed by atoms with Gasteiger partial charge in [-0.1, -0.05) is 13.8 Å². The number of carboxylic acids is 1. The lowest BCUT2D eigenvalue weighted by Gasteiger charge is -2.20. The van der Waals surface area contributed by atoms with Crippen LogP contribution in [-0.4, -0.2) is 25.2 Å². The molecule has 0 spiro atoms. The topological polar surface area (TPSA) is 40.5 Å². The van der Waals surface area contributed by atoms with Crippen LogP contribution in [-0.2, 0) is 6.42 Å². The molecule has 0 heterocycles. The van der Waals surface area contributed by atoms with Crippen molar-refractivity contribution >= 4 is 11.7 Å². The van der Waals surface area contributed by atoms with Crippen molar-refractivity contribution in [2.45, 2.75) is 27.2 Å². The van der Waals surface area contributed by atoms with Crippen LogP contribution in [0, 0.1) is 12.8 Å². The van der Waals surface area contributed by atoms with Gasteiger partial charge in [-0.2, -0.15) is 0 Å². The first-order chi connectivity index (χ1) is 7.84. The summed E-state index contributed by atoms with van der Waals surface area (Å²) >= 11 is 0. The number of carbonyl (C=O) groups is 1. The highest BCUT2D eigenvalue weighted by Crippen LogP contribution is 2.27. The van der Waals surface area contributed by atoms with E-state index in [-0.39, 0.29) is 0 Å². The molecule has 0 aromatic heterocycles. The molecule has 94 valence electrons. The fraction of sp³-hybridized carbons (Fsp3) is 0.500. The lowest BCUT2D eigenvalue weighted by Crippen LogP contribution is -2.14. The summed E-state index contributed by atoms with van der Waals surface area (Å²) in [4.78, 5) is 13.2. The molecule has 0 aliphatic carbocycles. The Balaban J connectivity index is 3.36. The average Bonchev–Trinajstić information content (AvgIpc) is 2.19. The lowest BCUT2D eigenvalue weighted by molar-refractivity contribution is 0.0695. The maximum absolute atomic E-state index is 11.2. The Morgan fingerprint density at radius 1 is 1.35 bits per heavy atom. The van der Waals surface area contributed by atoms with E-state index in [4.69, 9.17) is 0 Å². The fourth-order valence-electron chi connectivity index (χ4n) is 2.10. The van der Waals surface area contributed by atoms with E-state index in [9.17, 15) is 9.90 Å². The van der Waals surface area contributed by atoms with E-state index >= 15 is 0 Å². The summed E-state index contributed by atoms with van der Waals surface area (Å²) in [5, 5.41) is 9.22. The van der Waals surface area contributed by atoms with Gasteiger partial charge in [0.05, 0.1) is 5.56 Å². The fourth-order valence-corrected chi connectivity index (χ4v) is 2.10. The van der Waals surface area contributed by atoms with Crippen molar-refractivity contribution in [3.8, 4) is 0 Å². The van der Waals surface area contributed by atoms with Gasteiger partial charge in [-0.15, -0.1) is 0 Å². The van der Waals surface area contributed by atoms with Gasteiger partial charge in [-0.3, -0.25) is 0 Å². The van der Waals surface area contributed by atoms with E-state index in [0.29, 0.717) is 11.5 Å². The van der Waals surface area contributed by atoms with E-state index in [1.165, 1.54) is 0 Å². The van der Waals surface area contributed by atoms with Crippen molar-refractivity contribution < 1.29 is 9.90 Å². The number of rotatable bonds is 4. The molecular formula is C14H21NO2. The van der Waals surface area contributed by atoms with E-state index < -0.39 is 5.97 Å². The molecule has 1 aromatic carbocycles. The van der Waals surface area contributed by atoms with Crippen molar-refractivity contribution in [3.05, 3.63) is 28.8 Å². The van der Waals surface area contributed by atoms with Gasteiger partial charge in [0.1, 0.15) is 0 Å². The van der Waals surface area contributed by atoms with Crippen LogP contribution < -0.4 is 4.90 Å². The Hall–Kier alpha value is -1.51. The number of aromatic carboxylic acids is 1. The number of hydrogen-bond donors (Lipinski definition) is 1. The van der Waals surface area contributed by atoms with Crippen LogP contribution in [0.1, 0.15) is 35.3 Å². The minimum Gasteiger partial charge on any atom is -0.478 e. The summed E-state index contributed by atoms with van der Waals surface area (Å²) in [5.74, 6) is -0.390. The monoisotopic (exact) mass is 235 g/mol. The Kier molecular flexibility index (Phi) is 4.16. The van der Waals surface area contributed by atoms with Crippen LogP contribution in [0.5, 0.6) is 0 Å². The van der Waals surface area contributed by atoms with Crippen LogP contribution in [0.3, 0.4) is 0 Å². The molecule has 1 aromatic rings. The summed E-state index contributed by atoms with van der Waals surface area (Å²) in [7, 11) is 3.95. The first-order valence-electron chi connectivity index (χ1n) is 5.87. The third kappa shape index (κ3) is 2.99.